The molecule has 0 bridgehead atoms. The summed E-state index contributed by atoms with van der Waals surface area (Å²) in [6.07, 6.45) is 1.75. The van der Waals surface area contributed by atoms with Gasteiger partial charge in [-0.05, 0) is 16.8 Å². The molecule has 2 aromatic carbocycles. The molecule has 16 heavy (non-hydrogen) atoms. The summed E-state index contributed by atoms with van der Waals surface area (Å²) in [5, 5.41) is 14.9. The maximum atomic E-state index is 9.95. The van der Waals surface area contributed by atoms with Gasteiger partial charge in [0.25, 0.3) is 0 Å². The zero-order valence-corrected chi connectivity index (χ0v) is 9.24. The molecule has 0 radical (unpaired) electrons. The zero-order chi connectivity index (χ0) is 11.0. The number of phenolic OH excluding ortho intramolecular Hbond substituents is 1. The van der Waals surface area contributed by atoms with Crippen molar-refractivity contribution in [1.82, 2.24) is 4.98 Å². The Morgan fingerprint density at radius 3 is 2.75 bits per heavy atom. The van der Waals surface area contributed by atoms with Crippen molar-refractivity contribution in [3.8, 4) is 16.3 Å². The van der Waals surface area contributed by atoms with Gasteiger partial charge in [0.1, 0.15) is 10.8 Å². The fourth-order valence-electron chi connectivity index (χ4n) is 1.83. The van der Waals surface area contributed by atoms with Gasteiger partial charge < -0.3 is 5.11 Å². The first-order chi connectivity index (χ1) is 7.86. The van der Waals surface area contributed by atoms with E-state index >= 15 is 0 Å². The number of aromatic nitrogens is 1. The van der Waals surface area contributed by atoms with Crippen LogP contribution < -0.4 is 0 Å². The van der Waals surface area contributed by atoms with Crippen LogP contribution in [0.4, 0.5) is 0 Å². The van der Waals surface area contributed by atoms with Crippen LogP contribution >= 0.6 is 11.3 Å². The molecule has 0 amide bonds. The lowest BCUT2D eigenvalue weighted by Crippen LogP contribution is -1.81. The molecular formula is C13H9NOS. The van der Waals surface area contributed by atoms with Gasteiger partial charge in [-0.15, -0.1) is 11.3 Å². The Morgan fingerprint density at radius 2 is 1.94 bits per heavy atom. The highest BCUT2D eigenvalue weighted by atomic mass is 32.1. The number of fused-ring (bicyclic) bond motifs is 1. The maximum absolute atomic E-state index is 9.95. The van der Waals surface area contributed by atoms with Crippen molar-refractivity contribution in [3.63, 3.8) is 0 Å². The first kappa shape index (κ1) is 9.36. The minimum absolute atomic E-state index is 0.286. The predicted molar refractivity (Wildman–Crippen MR) is 66.7 cm³/mol. The van der Waals surface area contributed by atoms with E-state index in [4.69, 9.17) is 0 Å². The van der Waals surface area contributed by atoms with E-state index in [-0.39, 0.29) is 5.75 Å². The van der Waals surface area contributed by atoms with Crippen LogP contribution in [0.25, 0.3) is 21.3 Å². The Labute approximate surface area is 96.8 Å². The van der Waals surface area contributed by atoms with Gasteiger partial charge in [0, 0.05) is 11.6 Å². The maximum Gasteiger partial charge on any atom is 0.127 e. The average Bonchev–Trinajstić information content (AvgIpc) is 2.82. The van der Waals surface area contributed by atoms with Gasteiger partial charge >= 0.3 is 0 Å². The third kappa shape index (κ3) is 1.37. The van der Waals surface area contributed by atoms with E-state index in [9.17, 15) is 5.11 Å². The van der Waals surface area contributed by atoms with Gasteiger partial charge in [-0.25, -0.2) is 4.98 Å². The molecular weight excluding hydrogens is 218 g/mol. The lowest BCUT2D eigenvalue weighted by atomic mass is 10.0. The lowest BCUT2D eigenvalue weighted by molar-refractivity contribution is 0.478. The molecule has 1 aromatic heterocycles. The van der Waals surface area contributed by atoms with Crippen LogP contribution in [0.15, 0.2) is 48.0 Å². The van der Waals surface area contributed by atoms with E-state index < -0.39 is 0 Å². The first-order valence-electron chi connectivity index (χ1n) is 4.97. The van der Waals surface area contributed by atoms with Crippen LogP contribution in [0.2, 0.25) is 0 Å². The Morgan fingerprint density at radius 1 is 1.06 bits per heavy atom. The molecule has 3 heteroatoms. The quantitative estimate of drug-likeness (QED) is 0.688. The number of rotatable bonds is 1. The Kier molecular flexibility index (Phi) is 2.11. The van der Waals surface area contributed by atoms with Gasteiger partial charge in [-0.1, -0.05) is 30.3 Å². The molecule has 3 aromatic rings. The molecule has 78 valence electrons. The molecule has 0 spiro atoms. The normalized spacial score (nSPS) is 10.8. The van der Waals surface area contributed by atoms with Gasteiger partial charge in [0.2, 0.25) is 0 Å². The number of thiazole rings is 1. The number of aromatic hydroxyl groups is 1. The highest BCUT2D eigenvalue weighted by molar-refractivity contribution is 7.13. The van der Waals surface area contributed by atoms with Crippen molar-refractivity contribution < 1.29 is 5.11 Å². The topological polar surface area (TPSA) is 33.1 Å². The van der Waals surface area contributed by atoms with E-state index in [0.29, 0.717) is 0 Å². The van der Waals surface area contributed by atoms with Gasteiger partial charge in [-0.2, -0.15) is 0 Å². The van der Waals surface area contributed by atoms with Crippen LogP contribution in [0.1, 0.15) is 0 Å². The van der Waals surface area contributed by atoms with E-state index in [1.165, 1.54) is 11.3 Å². The zero-order valence-electron chi connectivity index (χ0n) is 8.42. The SMILES string of the molecule is Oc1ccc2ccccc2c1-c1nccs1. The van der Waals surface area contributed by atoms with Crippen molar-refractivity contribution in [2.45, 2.75) is 0 Å². The molecule has 0 aliphatic heterocycles. The lowest BCUT2D eigenvalue weighted by Gasteiger charge is -2.05. The van der Waals surface area contributed by atoms with Crippen molar-refractivity contribution >= 4 is 22.1 Å². The molecule has 0 saturated carbocycles. The summed E-state index contributed by atoms with van der Waals surface area (Å²) < 4.78 is 0. The number of hydrogen-bond acceptors (Lipinski definition) is 3. The van der Waals surface area contributed by atoms with Gasteiger partial charge in [-0.3, -0.25) is 0 Å². The molecule has 0 unspecified atom stereocenters. The molecule has 0 saturated heterocycles. The van der Waals surface area contributed by atoms with Crippen LogP contribution in [0.3, 0.4) is 0 Å². The van der Waals surface area contributed by atoms with E-state index in [1.807, 2.05) is 35.7 Å². The Hall–Kier alpha value is -1.87. The van der Waals surface area contributed by atoms with Crippen LogP contribution in [-0.2, 0) is 0 Å². The summed E-state index contributed by atoms with van der Waals surface area (Å²) in [5.41, 5.74) is 0.827. The summed E-state index contributed by atoms with van der Waals surface area (Å²) in [6.45, 7) is 0. The van der Waals surface area contributed by atoms with E-state index in [1.54, 1.807) is 12.3 Å². The summed E-state index contributed by atoms with van der Waals surface area (Å²) in [4.78, 5) is 4.26. The summed E-state index contributed by atoms with van der Waals surface area (Å²) in [5.74, 6) is 0.286. The van der Waals surface area contributed by atoms with Crippen molar-refractivity contribution in [3.05, 3.63) is 48.0 Å². The average molecular weight is 227 g/mol. The summed E-state index contributed by atoms with van der Waals surface area (Å²) in [7, 11) is 0. The van der Waals surface area contributed by atoms with Crippen LogP contribution in [-0.4, -0.2) is 10.1 Å². The molecule has 2 nitrogen and oxygen atoms in total. The first-order valence-corrected chi connectivity index (χ1v) is 5.85. The van der Waals surface area contributed by atoms with Gasteiger partial charge in [0.15, 0.2) is 0 Å². The monoisotopic (exact) mass is 227 g/mol. The highest BCUT2D eigenvalue weighted by Crippen LogP contribution is 2.36. The molecule has 0 atom stereocenters. The fraction of sp³-hybridized carbons (Fsp3) is 0. The second-order valence-electron chi connectivity index (χ2n) is 3.52. The van der Waals surface area contributed by atoms with Crippen molar-refractivity contribution in [2.75, 3.05) is 0 Å². The molecule has 3 rings (SSSR count). The Balaban J connectivity index is 2.42. The summed E-state index contributed by atoms with van der Waals surface area (Å²) in [6, 6.07) is 11.6. The minimum Gasteiger partial charge on any atom is -0.507 e. The number of benzene rings is 2. The second kappa shape index (κ2) is 3.61. The van der Waals surface area contributed by atoms with E-state index in [2.05, 4.69) is 4.98 Å². The van der Waals surface area contributed by atoms with Crippen LogP contribution in [0.5, 0.6) is 5.75 Å². The number of nitrogens with zero attached hydrogens (tertiary/aromatic N) is 1. The Bertz CT molecular complexity index is 631. The smallest absolute Gasteiger partial charge is 0.127 e. The molecule has 0 fully saturated rings. The summed E-state index contributed by atoms with van der Waals surface area (Å²) >= 11 is 1.53. The standard InChI is InChI=1S/C13H9NOS/c15-11-6-5-9-3-1-2-4-10(9)12(11)13-14-7-8-16-13/h1-8,15H. The predicted octanol–water partition coefficient (Wildman–Crippen LogP) is 3.67. The fourth-order valence-corrected chi connectivity index (χ4v) is 2.54. The molecule has 0 aliphatic carbocycles. The second-order valence-corrected chi connectivity index (χ2v) is 4.41. The third-order valence-corrected chi connectivity index (χ3v) is 3.34. The van der Waals surface area contributed by atoms with Gasteiger partial charge in [0.05, 0.1) is 5.56 Å². The highest BCUT2D eigenvalue weighted by Gasteiger charge is 2.10. The number of phenols is 1. The third-order valence-electron chi connectivity index (χ3n) is 2.55. The van der Waals surface area contributed by atoms with E-state index in [0.717, 1.165) is 21.3 Å². The van der Waals surface area contributed by atoms with Crippen molar-refractivity contribution in [2.24, 2.45) is 0 Å². The minimum atomic E-state index is 0.286. The molecule has 1 heterocycles. The largest absolute Gasteiger partial charge is 0.507 e. The van der Waals surface area contributed by atoms with Crippen LogP contribution in [0, 0.1) is 0 Å². The molecule has 0 aliphatic rings. The van der Waals surface area contributed by atoms with Crippen molar-refractivity contribution in [1.29, 1.82) is 0 Å². The number of hydrogen-bond donors (Lipinski definition) is 1. The molecule has 1 N–H and O–H groups in total.